The van der Waals surface area contributed by atoms with Crippen molar-refractivity contribution in [2.75, 3.05) is 11.1 Å². The molecule has 0 bridgehead atoms. The van der Waals surface area contributed by atoms with Crippen LogP contribution in [0.3, 0.4) is 0 Å². The third-order valence-corrected chi connectivity index (χ3v) is 4.40. The molecule has 6 heteroatoms. The molecular weight excluding hydrogens is 339 g/mol. The highest BCUT2D eigenvalue weighted by Gasteiger charge is 2.07. The Hall–Kier alpha value is -1.67. The maximum absolute atomic E-state index is 11.9. The number of hydrogen-bond donors (Lipinski definition) is 1. The summed E-state index contributed by atoms with van der Waals surface area (Å²) < 4.78 is 0. The summed E-state index contributed by atoms with van der Waals surface area (Å²) in [5.74, 6) is 0.736. The zero-order chi connectivity index (χ0) is 15.9. The van der Waals surface area contributed by atoms with Gasteiger partial charge in [0.15, 0.2) is 0 Å². The largest absolute Gasteiger partial charge is 0.324 e. The Balaban J connectivity index is 1.87. The molecule has 0 aliphatic rings. The molecule has 22 heavy (non-hydrogen) atoms. The van der Waals surface area contributed by atoms with Crippen molar-refractivity contribution < 1.29 is 4.79 Å². The highest BCUT2D eigenvalue weighted by Crippen LogP contribution is 2.24. The number of nitriles is 1. The van der Waals surface area contributed by atoms with Gasteiger partial charge in [0.25, 0.3) is 0 Å². The van der Waals surface area contributed by atoms with Gasteiger partial charge in [-0.2, -0.15) is 5.26 Å². The molecule has 0 aliphatic carbocycles. The molecule has 3 nitrogen and oxygen atoms in total. The zero-order valence-electron chi connectivity index (χ0n) is 11.5. The Labute approximate surface area is 143 Å². The van der Waals surface area contributed by atoms with Gasteiger partial charge < -0.3 is 5.32 Å². The Morgan fingerprint density at radius 2 is 2.00 bits per heavy atom. The first-order valence-corrected chi connectivity index (χ1v) is 8.32. The fourth-order valence-corrected chi connectivity index (χ4v) is 3.15. The van der Waals surface area contributed by atoms with Crippen LogP contribution in [0, 0.1) is 11.3 Å². The van der Waals surface area contributed by atoms with E-state index in [1.165, 1.54) is 11.8 Å². The molecule has 0 atom stereocenters. The summed E-state index contributed by atoms with van der Waals surface area (Å²) in [6.07, 6.45) is 0. The number of rotatable bonds is 5. The predicted octanol–water partition coefficient (Wildman–Crippen LogP) is 4.74. The smallest absolute Gasteiger partial charge is 0.234 e. The van der Waals surface area contributed by atoms with Crippen molar-refractivity contribution >= 4 is 46.6 Å². The molecular formula is C16H12Cl2N2OS. The SMILES string of the molecule is N#Cc1ccccc1NC(=O)CSCc1ccc(Cl)cc1Cl. The summed E-state index contributed by atoms with van der Waals surface area (Å²) in [4.78, 5) is 11.9. The van der Waals surface area contributed by atoms with Crippen molar-refractivity contribution in [1.29, 1.82) is 5.26 Å². The van der Waals surface area contributed by atoms with Crippen LogP contribution < -0.4 is 5.32 Å². The van der Waals surface area contributed by atoms with Crippen molar-refractivity contribution in [3.8, 4) is 6.07 Å². The maximum atomic E-state index is 11.9. The van der Waals surface area contributed by atoms with Crippen molar-refractivity contribution in [2.24, 2.45) is 0 Å². The number of carbonyl (C=O) groups is 1. The average molecular weight is 351 g/mol. The number of anilines is 1. The van der Waals surface area contributed by atoms with Crippen LogP contribution in [0.15, 0.2) is 42.5 Å². The molecule has 0 radical (unpaired) electrons. The van der Waals surface area contributed by atoms with Crippen LogP contribution in [0.2, 0.25) is 10.0 Å². The second-order valence-electron chi connectivity index (χ2n) is 4.43. The van der Waals surface area contributed by atoms with E-state index in [-0.39, 0.29) is 11.7 Å². The van der Waals surface area contributed by atoms with E-state index < -0.39 is 0 Å². The van der Waals surface area contributed by atoms with Crippen LogP contribution in [-0.4, -0.2) is 11.7 Å². The Kier molecular flexibility index (Phi) is 6.14. The normalized spacial score (nSPS) is 10.0. The summed E-state index contributed by atoms with van der Waals surface area (Å²) in [6.45, 7) is 0. The number of benzene rings is 2. The predicted molar refractivity (Wildman–Crippen MR) is 92.4 cm³/mol. The number of nitrogens with one attached hydrogen (secondary N) is 1. The maximum Gasteiger partial charge on any atom is 0.234 e. The standard InChI is InChI=1S/C16H12Cl2N2OS/c17-13-6-5-12(14(18)7-13)9-22-10-16(21)20-15-4-2-1-3-11(15)8-19/h1-7H,9-10H2,(H,20,21). The van der Waals surface area contributed by atoms with Crippen LogP contribution in [0.4, 0.5) is 5.69 Å². The summed E-state index contributed by atoms with van der Waals surface area (Å²) in [6, 6.07) is 14.2. The molecule has 112 valence electrons. The van der Waals surface area contributed by atoms with Gasteiger partial charge in [-0.25, -0.2) is 0 Å². The van der Waals surface area contributed by atoms with E-state index in [0.717, 1.165) is 5.56 Å². The third-order valence-electron chi connectivity index (χ3n) is 2.83. The molecule has 0 aliphatic heterocycles. The minimum atomic E-state index is -0.155. The van der Waals surface area contributed by atoms with Crippen LogP contribution in [-0.2, 0) is 10.5 Å². The van der Waals surface area contributed by atoms with Crippen LogP contribution >= 0.6 is 35.0 Å². The Morgan fingerprint density at radius 3 is 2.73 bits per heavy atom. The van der Waals surface area contributed by atoms with Gasteiger partial charge >= 0.3 is 0 Å². The lowest BCUT2D eigenvalue weighted by molar-refractivity contribution is -0.113. The first-order valence-electron chi connectivity index (χ1n) is 6.41. The van der Waals surface area contributed by atoms with Crippen LogP contribution in [0.5, 0.6) is 0 Å². The fourth-order valence-electron chi connectivity index (χ4n) is 1.77. The molecule has 0 saturated heterocycles. The quantitative estimate of drug-likeness (QED) is 0.847. The van der Waals surface area contributed by atoms with E-state index in [1.807, 2.05) is 12.1 Å². The lowest BCUT2D eigenvalue weighted by Gasteiger charge is -2.07. The summed E-state index contributed by atoms with van der Waals surface area (Å²) in [7, 11) is 0. The number of para-hydroxylation sites is 1. The van der Waals surface area contributed by atoms with E-state index in [2.05, 4.69) is 5.32 Å². The first-order chi connectivity index (χ1) is 10.6. The molecule has 0 spiro atoms. The van der Waals surface area contributed by atoms with Gasteiger partial charge in [0.05, 0.1) is 17.0 Å². The third kappa shape index (κ3) is 4.67. The second-order valence-corrected chi connectivity index (χ2v) is 6.26. The summed E-state index contributed by atoms with van der Waals surface area (Å²) in [5, 5.41) is 12.9. The topological polar surface area (TPSA) is 52.9 Å². The van der Waals surface area contributed by atoms with E-state index in [4.69, 9.17) is 28.5 Å². The molecule has 1 N–H and O–H groups in total. The number of carbonyl (C=O) groups excluding carboxylic acids is 1. The summed E-state index contributed by atoms with van der Waals surface area (Å²) in [5.41, 5.74) is 1.91. The lowest BCUT2D eigenvalue weighted by atomic mass is 10.2. The highest BCUT2D eigenvalue weighted by atomic mass is 35.5. The number of thioether (sulfide) groups is 1. The average Bonchev–Trinajstić information content (AvgIpc) is 2.50. The van der Waals surface area contributed by atoms with Gasteiger partial charge in [0.1, 0.15) is 6.07 Å². The number of nitrogens with zero attached hydrogens (tertiary/aromatic N) is 1. The van der Waals surface area contributed by atoms with Gasteiger partial charge in [-0.3, -0.25) is 4.79 Å². The summed E-state index contributed by atoms with van der Waals surface area (Å²) >= 11 is 13.4. The van der Waals surface area contributed by atoms with E-state index >= 15 is 0 Å². The molecule has 2 rings (SSSR count). The highest BCUT2D eigenvalue weighted by molar-refractivity contribution is 7.99. The monoisotopic (exact) mass is 350 g/mol. The Bertz CT molecular complexity index is 728. The van der Waals surface area contributed by atoms with Crippen LogP contribution in [0.25, 0.3) is 0 Å². The van der Waals surface area contributed by atoms with Gasteiger partial charge in [-0.1, -0.05) is 41.4 Å². The van der Waals surface area contributed by atoms with Crippen LogP contribution in [0.1, 0.15) is 11.1 Å². The zero-order valence-corrected chi connectivity index (χ0v) is 13.8. The van der Waals surface area contributed by atoms with E-state index in [0.29, 0.717) is 27.0 Å². The van der Waals surface area contributed by atoms with Crippen molar-refractivity contribution in [2.45, 2.75) is 5.75 Å². The Morgan fingerprint density at radius 1 is 1.23 bits per heavy atom. The molecule has 0 fully saturated rings. The minimum absolute atomic E-state index is 0.155. The molecule has 1 amide bonds. The molecule has 0 saturated carbocycles. The molecule has 2 aromatic rings. The van der Waals surface area contributed by atoms with Crippen molar-refractivity contribution in [1.82, 2.24) is 0 Å². The van der Waals surface area contributed by atoms with Gasteiger partial charge in [-0.15, -0.1) is 11.8 Å². The minimum Gasteiger partial charge on any atom is -0.324 e. The number of hydrogen-bond acceptors (Lipinski definition) is 3. The second kappa shape index (κ2) is 8.09. The molecule has 0 unspecified atom stereocenters. The van der Waals surface area contributed by atoms with E-state index in [1.54, 1.807) is 36.4 Å². The van der Waals surface area contributed by atoms with Crippen molar-refractivity contribution in [3.05, 3.63) is 63.6 Å². The fraction of sp³-hybridized carbons (Fsp3) is 0.125. The van der Waals surface area contributed by atoms with Gasteiger partial charge in [0, 0.05) is 15.8 Å². The molecule has 0 aromatic heterocycles. The van der Waals surface area contributed by atoms with Crippen molar-refractivity contribution in [3.63, 3.8) is 0 Å². The molecule has 0 heterocycles. The lowest BCUT2D eigenvalue weighted by Crippen LogP contribution is -2.15. The number of amides is 1. The molecule has 2 aromatic carbocycles. The first kappa shape index (κ1) is 16.7. The van der Waals surface area contributed by atoms with E-state index in [9.17, 15) is 4.79 Å². The van der Waals surface area contributed by atoms with Gasteiger partial charge in [-0.05, 0) is 29.8 Å². The van der Waals surface area contributed by atoms with Gasteiger partial charge in [0.2, 0.25) is 5.91 Å². The number of halogens is 2.